The molecule has 0 radical (unpaired) electrons. The Hall–Kier alpha value is -1.32. The highest BCUT2D eigenvalue weighted by Gasteiger charge is 2.25. The minimum Gasteiger partial charge on any atom is -0.477 e. The molecule has 15 heavy (non-hydrogen) atoms. The Morgan fingerprint density at radius 3 is 1.87 bits per heavy atom. The maximum Gasteiger partial charge on any atom is 0.343 e. The van der Waals surface area contributed by atoms with E-state index in [1.165, 1.54) is 6.42 Å². The highest BCUT2D eigenvalue weighted by atomic mass is 16.4. The van der Waals surface area contributed by atoms with Crippen LogP contribution in [0, 0.1) is 5.92 Å². The molecule has 0 atom stereocenters. The molecule has 4 heteroatoms. The molecular formula is C11H16O4. The smallest absolute Gasteiger partial charge is 0.343 e. The highest BCUT2D eigenvalue weighted by molar-refractivity contribution is 6.13. The van der Waals surface area contributed by atoms with Crippen molar-refractivity contribution in [3.8, 4) is 0 Å². The van der Waals surface area contributed by atoms with Gasteiger partial charge in [0.25, 0.3) is 0 Å². The Labute approximate surface area is 88.6 Å². The lowest BCUT2D eigenvalue weighted by Crippen LogP contribution is -2.18. The number of allylic oxidation sites excluding steroid dienone is 1. The normalized spacial score (nSPS) is 17.1. The molecule has 1 rings (SSSR count). The standard InChI is InChI=1S/C11H16O4/c1-7(8-5-3-2-4-6-8)9(10(12)13)11(14)15/h8H,2-6H2,1H3,(H,12,13)(H,14,15). The Morgan fingerprint density at radius 1 is 1.00 bits per heavy atom. The molecule has 0 heterocycles. The summed E-state index contributed by atoms with van der Waals surface area (Å²) in [6, 6.07) is 0. The molecule has 0 spiro atoms. The third-order valence-electron chi connectivity index (χ3n) is 3.04. The zero-order valence-corrected chi connectivity index (χ0v) is 8.82. The molecule has 4 nitrogen and oxygen atoms in total. The highest BCUT2D eigenvalue weighted by Crippen LogP contribution is 2.31. The number of hydrogen-bond donors (Lipinski definition) is 2. The molecule has 0 aliphatic heterocycles. The molecule has 1 aliphatic rings. The topological polar surface area (TPSA) is 74.6 Å². The van der Waals surface area contributed by atoms with E-state index in [0.29, 0.717) is 5.57 Å². The summed E-state index contributed by atoms with van der Waals surface area (Å²) >= 11 is 0. The largest absolute Gasteiger partial charge is 0.477 e. The van der Waals surface area contributed by atoms with E-state index in [1.807, 2.05) is 0 Å². The van der Waals surface area contributed by atoms with Crippen LogP contribution in [-0.2, 0) is 9.59 Å². The molecule has 0 unspecified atom stereocenters. The number of hydrogen-bond acceptors (Lipinski definition) is 2. The first-order chi connectivity index (χ1) is 7.04. The first-order valence-electron chi connectivity index (χ1n) is 5.21. The van der Waals surface area contributed by atoms with Gasteiger partial charge in [-0.05, 0) is 31.3 Å². The lowest BCUT2D eigenvalue weighted by Gasteiger charge is -2.23. The van der Waals surface area contributed by atoms with Crippen LogP contribution in [0.1, 0.15) is 39.0 Å². The molecule has 0 aromatic carbocycles. The fraction of sp³-hybridized carbons (Fsp3) is 0.636. The van der Waals surface area contributed by atoms with Crippen molar-refractivity contribution in [1.29, 1.82) is 0 Å². The Kier molecular flexibility index (Phi) is 3.88. The number of aliphatic carboxylic acids is 2. The molecular weight excluding hydrogens is 196 g/mol. The first-order valence-corrected chi connectivity index (χ1v) is 5.21. The van der Waals surface area contributed by atoms with Gasteiger partial charge in [0.1, 0.15) is 5.57 Å². The van der Waals surface area contributed by atoms with Crippen molar-refractivity contribution in [3.05, 3.63) is 11.1 Å². The van der Waals surface area contributed by atoms with Gasteiger partial charge < -0.3 is 10.2 Å². The van der Waals surface area contributed by atoms with Crippen LogP contribution in [0.25, 0.3) is 0 Å². The van der Waals surface area contributed by atoms with Crippen LogP contribution in [0.5, 0.6) is 0 Å². The summed E-state index contributed by atoms with van der Waals surface area (Å²) in [4.78, 5) is 21.6. The summed E-state index contributed by atoms with van der Waals surface area (Å²) < 4.78 is 0. The minimum atomic E-state index is -1.33. The molecule has 0 aromatic rings. The van der Waals surface area contributed by atoms with Gasteiger partial charge in [0.05, 0.1) is 0 Å². The van der Waals surface area contributed by atoms with Gasteiger partial charge in [-0.15, -0.1) is 0 Å². The molecule has 1 aliphatic carbocycles. The monoisotopic (exact) mass is 212 g/mol. The third kappa shape index (κ3) is 2.81. The quantitative estimate of drug-likeness (QED) is 0.426. The average Bonchev–Trinajstić information content (AvgIpc) is 2.18. The van der Waals surface area contributed by atoms with Crippen molar-refractivity contribution >= 4 is 11.9 Å². The molecule has 1 fully saturated rings. The lowest BCUT2D eigenvalue weighted by molar-refractivity contribution is -0.140. The van der Waals surface area contributed by atoms with Gasteiger partial charge in [-0.25, -0.2) is 9.59 Å². The van der Waals surface area contributed by atoms with Gasteiger partial charge in [-0.3, -0.25) is 0 Å². The van der Waals surface area contributed by atoms with E-state index >= 15 is 0 Å². The van der Waals surface area contributed by atoms with Crippen molar-refractivity contribution in [2.75, 3.05) is 0 Å². The van der Waals surface area contributed by atoms with Gasteiger partial charge in [0, 0.05) is 0 Å². The van der Waals surface area contributed by atoms with Crippen molar-refractivity contribution in [2.45, 2.75) is 39.0 Å². The van der Waals surface area contributed by atoms with E-state index in [1.54, 1.807) is 6.92 Å². The molecule has 84 valence electrons. The number of carboxylic acids is 2. The third-order valence-corrected chi connectivity index (χ3v) is 3.04. The zero-order chi connectivity index (χ0) is 11.4. The van der Waals surface area contributed by atoms with Gasteiger partial charge in [-0.2, -0.15) is 0 Å². The fourth-order valence-corrected chi connectivity index (χ4v) is 2.17. The summed E-state index contributed by atoms with van der Waals surface area (Å²) in [7, 11) is 0. The number of carbonyl (C=O) groups is 2. The predicted octanol–water partition coefficient (Wildman–Crippen LogP) is 2.05. The Balaban J connectivity index is 2.92. The minimum absolute atomic E-state index is 0.140. The maximum atomic E-state index is 10.8. The van der Waals surface area contributed by atoms with E-state index in [2.05, 4.69) is 0 Å². The Bertz CT molecular complexity index is 282. The summed E-state index contributed by atoms with van der Waals surface area (Å²) in [5.41, 5.74) is 0.0802. The van der Waals surface area contributed by atoms with E-state index in [9.17, 15) is 9.59 Å². The summed E-state index contributed by atoms with van der Waals surface area (Å²) in [6.45, 7) is 1.63. The Morgan fingerprint density at radius 2 is 1.47 bits per heavy atom. The van der Waals surface area contributed by atoms with Crippen LogP contribution in [0.15, 0.2) is 11.1 Å². The van der Waals surface area contributed by atoms with E-state index in [4.69, 9.17) is 10.2 Å². The van der Waals surface area contributed by atoms with Crippen LogP contribution in [0.3, 0.4) is 0 Å². The number of carboxylic acid groups (broad SMARTS) is 2. The van der Waals surface area contributed by atoms with Crippen LogP contribution in [-0.4, -0.2) is 22.2 Å². The van der Waals surface area contributed by atoms with Crippen LogP contribution < -0.4 is 0 Å². The molecule has 0 saturated heterocycles. The van der Waals surface area contributed by atoms with Crippen LogP contribution >= 0.6 is 0 Å². The first kappa shape index (κ1) is 11.8. The van der Waals surface area contributed by atoms with Crippen molar-refractivity contribution in [2.24, 2.45) is 5.92 Å². The molecule has 0 amide bonds. The van der Waals surface area contributed by atoms with E-state index in [-0.39, 0.29) is 5.92 Å². The van der Waals surface area contributed by atoms with Gasteiger partial charge in [0.2, 0.25) is 0 Å². The second kappa shape index (κ2) is 4.96. The van der Waals surface area contributed by atoms with E-state index < -0.39 is 17.5 Å². The van der Waals surface area contributed by atoms with Crippen LogP contribution in [0.4, 0.5) is 0 Å². The number of rotatable bonds is 3. The second-order valence-corrected chi connectivity index (χ2v) is 4.00. The SMILES string of the molecule is CC(=C(C(=O)O)C(=O)O)C1CCCCC1. The van der Waals surface area contributed by atoms with Gasteiger partial charge in [0.15, 0.2) is 0 Å². The van der Waals surface area contributed by atoms with Crippen molar-refractivity contribution in [1.82, 2.24) is 0 Å². The zero-order valence-electron chi connectivity index (χ0n) is 8.82. The maximum absolute atomic E-state index is 10.8. The summed E-state index contributed by atoms with van der Waals surface area (Å²) in [5, 5.41) is 17.6. The molecule has 0 aromatic heterocycles. The summed E-state index contributed by atoms with van der Waals surface area (Å²) in [5.74, 6) is -2.52. The molecule has 0 bridgehead atoms. The van der Waals surface area contributed by atoms with Gasteiger partial charge in [-0.1, -0.05) is 19.3 Å². The fourth-order valence-electron chi connectivity index (χ4n) is 2.17. The van der Waals surface area contributed by atoms with Crippen molar-refractivity contribution in [3.63, 3.8) is 0 Å². The average molecular weight is 212 g/mol. The van der Waals surface area contributed by atoms with Crippen LogP contribution in [0.2, 0.25) is 0 Å². The van der Waals surface area contributed by atoms with Crippen molar-refractivity contribution < 1.29 is 19.8 Å². The second-order valence-electron chi connectivity index (χ2n) is 4.00. The lowest BCUT2D eigenvalue weighted by atomic mass is 9.82. The van der Waals surface area contributed by atoms with E-state index in [0.717, 1.165) is 25.7 Å². The molecule has 2 N–H and O–H groups in total. The predicted molar refractivity (Wildman–Crippen MR) is 54.5 cm³/mol. The molecule has 1 saturated carbocycles. The van der Waals surface area contributed by atoms with Gasteiger partial charge >= 0.3 is 11.9 Å². The summed E-state index contributed by atoms with van der Waals surface area (Å²) in [6.07, 6.45) is 5.12.